The van der Waals surface area contributed by atoms with Gasteiger partial charge >= 0.3 is 5.97 Å². The molecule has 91 heavy (non-hydrogen) atoms. The van der Waals surface area contributed by atoms with E-state index in [2.05, 4.69) is 43.5 Å². The molecule has 0 aromatic heterocycles. The van der Waals surface area contributed by atoms with Gasteiger partial charge in [0.1, 0.15) is 0 Å². The first-order valence-corrected chi connectivity index (χ1v) is 42.1. The fourth-order valence-corrected chi connectivity index (χ4v) is 13.6. The molecule has 0 bridgehead atoms. The predicted octanol–water partition coefficient (Wildman–Crippen LogP) is 28.0. The van der Waals surface area contributed by atoms with Crippen molar-refractivity contribution in [3.05, 3.63) is 24.3 Å². The minimum atomic E-state index is -0.666. The molecule has 540 valence electrons. The highest BCUT2D eigenvalue weighted by Crippen LogP contribution is 2.21. The van der Waals surface area contributed by atoms with Gasteiger partial charge in [0, 0.05) is 12.8 Å². The Balaban J connectivity index is 3.37. The van der Waals surface area contributed by atoms with Crippen LogP contribution < -0.4 is 5.32 Å². The Kier molecular flexibility index (Phi) is 79.3. The van der Waals surface area contributed by atoms with Crippen LogP contribution in [0, 0.1) is 0 Å². The highest BCUT2D eigenvalue weighted by atomic mass is 16.5. The van der Waals surface area contributed by atoms with Crippen molar-refractivity contribution in [3.8, 4) is 0 Å². The van der Waals surface area contributed by atoms with Crippen LogP contribution in [0.15, 0.2) is 24.3 Å². The maximum Gasteiger partial charge on any atom is 0.305 e. The van der Waals surface area contributed by atoms with Crippen molar-refractivity contribution >= 4 is 11.9 Å². The van der Waals surface area contributed by atoms with Crippen molar-refractivity contribution in [3.63, 3.8) is 0 Å². The summed E-state index contributed by atoms with van der Waals surface area (Å²) in [6.45, 7) is 5.01. The molecule has 1 amide bonds. The van der Waals surface area contributed by atoms with E-state index in [0.717, 1.165) is 44.9 Å². The average molecular weight is 1280 g/mol. The molecule has 0 fully saturated rings. The highest BCUT2D eigenvalue weighted by molar-refractivity contribution is 5.76. The van der Waals surface area contributed by atoms with Gasteiger partial charge in [0.15, 0.2) is 0 Å². The van der Waals surface area contributed by atoms with Crippen LogP contribution in [0.5, 0.6) is 0 Å². The molecule has 0 aliphatic heterocycles. The van der Waals surface area contributed by atoms with Crippen LogP contribution in [0.25, 0.3) is 0 Å². The number of unbranched alkanes of at least 4 members (excludes halogenated alkanes) is 65. The van der Waals surface area contributed by atoms with Gasteiger partial charge in [0.05, 0.1) is 25.4 Å². The molecule has 2 atom stereocenters. The number of rotatable bonds is 80. The van der Waals surface area contributed by atoms with E-state index in [1.807, 2.05) is 0 Å². The Morgan fingerprint density at radius 3 is 0.835 bits per heavy atom. The molecule has 0 spiro atoms. The molecule has 0 saturated carbocycles. The average Bonchev–Trinajstić information content (AvgIpc) is 3.64. The van der Waals surface area contributed by atoms with Crippen molar-refractivity contribution in [2.24, 2.45) is 0 Å². The quantitative estimate of drug-likeness (QED) is 0.0320. The summed E-state index contributed by atoms with van der Waals surface area (Å²) in [5, 5.41) is 23.5. The fraction of sp³-hybridized carbons (Fsp3) is 0.929. The molecule has 6 heteroatoms. The van der Waals surface area contributed by atoms with Gasteiger partial charge in [-0.3, -0.25) is 9.59 Å². The zero-order valence-corrected chi connectivity index (χ0v) is 62.1. The molecule has 3 N–H and O–H groups in total. The monoisotopic (exact) mass is 1280 g/mol. The van der Waals surface area contributed by atoms with Crippen LogP contribution in [0.1, 0.15) is 483 Å². The Labute approximate surface area is 571 Å². The number of nitrogens with one attached hydrogen (secondary N) is 1. The van der Waals surface area contributed by atoms with Crippen LogP contribution in [0.4, 0.5) is 0 Å². The van der Waals surface area contributed by atoms with Crippen molar-refractivity contribution in [1.82, 2.24) is 5.32 Å². The molecule has 0 aliphatic carbocycles. The Bertz CT molecular complexity index is 1430. The van der Waals surface area contributed by atoms with Gasteiger partial charge in [-0.05, 0) is 57.8 Å². The molecule has 0 radical (unpaired) electrons. The molecular formula is C85H165NO5. The van der Waals surface area contributed by atoms with Gasteiger partial charge in [-0.2, -0.15) is 0 Å². The number of ether oxygens (including phenoxy) is 1. The lowest BCUT2D eigenvalue weighted by Crippen LogP contribution is -2.45. The fourth-order valence-electron chi connectivity index (χ4n) is 13.6. The van der Waals surface area contributed by atoms with Crippen LogP contribution in [0.3, 0.4) is 0 Å². The first-order valence-electron chi connectivity index (χ1n) is 42.1. The second kappa shape index (κ2) is 80.8. The third-order valence-corrected chi connectivity index (χ3v) is 20.0. The SMILES string of the molecule is CCCCCCCCCCCCCCCCCCCCCCCCCCCC(O)C(CO)NC(=O)CCCCCCCCCCCCCCCCC/C=C\C/C=C\CCCCCCCCCCCOC(=O)CCCCCCCCCCCCCCCCCCCC. The van der Waals surface area contributed by atoms with Gasteiger partial charge in [0.25, 0.3) is 0 Å². The maximum atomic E-state index is 12.6. The summed E-state index contributed by atoms with van der Waals surface area (Å²) in [5.74, 6) is -0.00927. The molecule has 0 rings (SSSR count). The van der Waals surface area contributed by atoms with E-state index >= 15 is 0 Å². The smallest absolute Gasteiger partial charge is 0.305 e. The van der Waals surface area contributed by atoms with Crippen LogP contribution >= 0.6 is 0 Å². The largest absolute Gasteiger partial charge is 0.466 e. The summed E-state index contributed by atoms with van der Waals surface area (Å²) in [7, 11) is 0. The third-order valence-electron chi connectivity index (χ3n) is 20.0. The number of aliphatic hydroxyl groups excluding tert-OH is 2. The number of aliphatic hydroxyl groups is 2. The Hall–Kier alpha value is -1.66. The zero-order valence-electron chi connectivity index (χ0n) is 62.1. The highest BCUT2D eigenvalue weighted by Gasteiger charge is 2.20. The molecule has 0 aromatic rings. The first kappa shape index (κ1) is 89.3. The van der Waals surface area contributed by atoms with Crippen molar-refractivity contribution in [1.29, 1.82) is 0 Å². The van der Waals surface area contributed by atoms with Crippen LogP contribution in [-0.4, -0.2) is 47.4 Å². The van der Waals surface area contributed by atoms with Gasteiger partial charge in [-0.15, -0.1) is 0 Å². The minimum absolute atomic E-state index is 0.0189. The summed E-state index contributed by atoms with van der Waals surface area (Å²) in [6.07, 6.45) is 104. The zero-order chi connectivity index (χ0) is 65.6. The van der Waals surface area contributed by atoms with E-state index in [4.69, 9.17) is 4.74 Å². The van der Waals surface area contributed by atoms with E-state index in [1.165, 1.54) is 405 Å². The second-order valence-corrected chi connectivity index (χ2v) is 29.2. The first-order chi connectivity index (χ1) is 45.0. The van der Waals surface area contributed by atoms with Crippen molar-refractivity contribution in [2.75, 3.05) is 13.2 Å². The summed E-state index contributed by atoms with van der Waals surface area (Å²) in [4.78, 5) is 24.7. The second-order valence-electron chi connectivity index (χ2n) is 29.2. The number of allylic oxidation sites excluding steroid dienone is 4. The molecular weight excluding hydrogens is 1110 g/mol. The van der Waals surface area contributed by atoms with Crippen molar-refractivity contribution < 1.29 is 24.5 Å². The molecule has 2 unspecified atom stereocenters. The molecule has 6 nitrogen and oxygen atoms in total. The summed E-state index contributed by atoms with van der Waals surface area (Å²) >= 11 is 0. The lowest BCUT2D eigenvalue weighted by molar-refractivity contribution is -0.143. The van der Waals surface area contributed by atoms with E-state index in [9.17, 15) is 19.8 Å². The van der Waals surface area contributed by atoms with Gasteiger partial charge in [-0.25, -0.2) is 0 Å². The number of carbonyl (C=O) groups is 2. The normalized spacial score (nSPS) is 12.5. The number of hydrogen-bond acceptors (Lipinski definition) is 5. The summed E-state index contributed by atoms with van der Waals surface area (Å²) in [6, 6.07) is -0.543. The maximum absolute atomic E-state index is 12.6. The van der Waals surface area contributed by atoms with E-state index in [-0.39, 0.29) is 18.5 Å². The Morgan fingerprint density at radius 1 is 0.308 bits per heavy atom. The topological polar surface area (TPSA) is 95.9 Å². The Morgan fingerprint density at radius 2 is 0.549 bits per heavy atom. The summed E-state index contributed by atoms with van der Waals surface area (Å²) < 4.78 is 5.51. The summed E-state index contributed by atoms with van der Waals surface area (Å²) in [5.41, 5.74) is 0. The van der Waals surface area contributed by atoms with E-state index in [0.29, 0.717) is 25.9 Å². The van der Waals surface area contributed by atoms with Crippen LogP contribution in [0.2, 0.25) is 0 Å². The number of amides is 1. The molecule has 0 aromatic carbocycles. The number of carbonyl (C=O) groups excluding carboxylic acids is 2. The van der Waals surface area contributed by atoms with Gasteiger partial charge in [0.2, 0.25) is 5.91 Å². The molecule has 0 aliphatic rings. The molecule has 0 saturated heterocycles. The van der Waals surface area contributed by atoms with Gasteiger partial charge < -0.3 is 20.3 Å². The van der Waals surface area contributed by atoms with Gasteiger partial charge in [-0.1, -0.05) is 436 Å². The third kappa shape index (κ3) is 77.2. The van der Waals surface area contributed by atoms with Crippen LogP contribution in [-0.2, 0) is 14.3 Å². The lowest BCUT2D eigenvalue weighted by Gasteiger charge is -2.22. The van der Waals surface area contributed by atoms with E-state index < -0.39 is 12.1 Å². The van der Waals surface area contributed by atoms with E-state index in [1.54, 1.807) is 0 Å². The lowest BCUT2D eigenvalue weighted by atomic mass is 10.0. The molecule has 0 heterocycles. The minimum Gasteiger partial charge on any atom is -0.466 e. The van der Waals surface area contributed by atoms with Crippen molar-refractivity contribution in [2.45, 2.75) is 495 Å². The number of hydrogen-bond donors (Lipinski definition) is 3. The predicted molar refractivity (Wildman–Crippen MR) is 403 cm³/mol. The standard InChI is InChI=1S/C85H165NO5/c1-3-5-7-9-11-13-15-17-19-21-23-24-25-33-36-39-42-45-49-53-57-61-65-69-73-77-83(88)82(81-87)86-84(89)78-74-70-66-62-58-54-50-46-43-40-37-34-31-29-27-26-28-30-32-35-38-41-44-48-52-56-60-64-68-72-76-80-91-85(90)79-75-71-67-63-59-55-51-47-22-20-18-16-14-12-10-8-6-4-2/h28,30,35,38,82-83,87-88H,3-27,29,31-34,36-37,39-81H2,1-2H3,(H,86,89)/b30-28-,38-35-. The number of esters is 1.